The quantitative estimate of drug-likeness (QED) is 0.794. The van der Waals surface area contributed by atoms with Crippen molar-refractivity contribution >= 4 is 40.3 Å². The number of fused-ring (bicyclic) bond motifs is 1. The van der Waals surface area contributed by atoms with Gasteiger partial charge < -0.3 is 9.80 Å². The highest BCUT2D eigenvalue weighted by molar-refractivity contribution is 8.25. The number of aliphatic imine (C=N–C) groups is 1. The third-order valence-corrected chi connectivity index (χ3v) is 9.01. The van der Waals surface area contributed by atoms with E-state index in [2.05, 4.69) is 60.6 Å². The minimum atomic E-state index is -1.99. The predicted octanol–water partition coefficient (Wildman–Crippen LogP) is 2.68. The molecule has 0 saturated carbocycles. The second-order valence-corrected chi connectivity index (χ2v) is 9.77. The summed E-state index contributed by atoms with van der Waals surface area (Å²) in [6.07, 6.45) is -1.99. The summed E-state index contributed by atoms with van der Waals surface area (Å²) in [5.74, 6) is 0. The van der Waals surface area contributed by atoms with E-state index in [0.717, 1.165) is 24.4 Å². The van der Waals surface area contributed by atoms with Gasteiger partial charge in [-0.15, -0.1) is 0 Å². The molecule has 0 bridgehead atoms. The zero-order chi connectivity index (χ0) is 15.8. The molecule has 0 N–H and O–H groups in total. The third kappa shape index (κ3) is 2.63. The van der Waals surface area contributed by atoms with E-state index < -0.39 is 6.19 Å². The Hall–Kier alpha value is -0.900. The summed E-state index contributed by atoms with van der Waals surface area (Å²) in [5.41, 5.74) is 3.27. The molecule has 0 aromatic heterocycles. The number of hydrogen-bond donors (Lipinski definition) is 0. The van der Waals surface area contributed by atoms with E-state index in [-0.39, 0.29) is 0 Å². The average Bonchev–Trinajstić information content (AvgIpc) is 2.74. The van der Waals surface area contributed by atoms with Crippen LogP contribution in [0.4, 0.5) is 11.4 Å². The van der Waals surface area contributed by atoms with E-state index in [4.69, 9.17) is 16.8 Å². The Balaban J connectivity index is 2.65. The molecule has 4 nitrogen and oxygen atoms in total. The van der Waals surface area contributed by atoms with E-state index >= 15 is 0 Å². The molecule has 1 heterocycles. The maximum atomic E-state index is 6.23. The molecule has 116 valence electrons. The second kappa shape index (κ2) is 6.07. The molecule has 0 fully saturated rings. The van der Waals surface area contributed by atoms with Crippen LogP contribution in [0.15, 0.2) is 23.2 Å². The van der Waals surface area contributed by atoms with Crippen LogP contribution in [0.2, 0.25) is 0 Å². The molecule has 0 radical (unpaired) electrons. The highest BCUT2D eigenvalue weighted by atomic mass is 32.4. The first-order valence-electron chi connectivity index (χ1n) is 7.30. The summed E-state index contributed by atoms with van der Waals surface area (Å²) in [7, 11) is 8.21. The van der Waals surface area contributed by atoms with Crippen molar-refractivity contribution in [2.24, 2.45) is 4.99 Å². The van der Waals surface area contributed by atoms with Crippen LogP contribution in [-0.2, 0) is 11.8 Å². The topological polar surface area (TPSA) is 22.1 Å². The van der Waals surface area contributed by atoms with Gasteiger partial charge in [-0.05, 0) is 18.2 Å². The minimum Gasteiger partial charge on any atom is -0.378 e. The molecule has 1 atom stereocenters. The summed E-state index contributed by atoms with van der Waals surface area (Å²) in [5, 5.41) is 1.23. The minimum absolute atomic E-state index is 0.951. The maximum absolute atomic E-state index is 6.23. The summed E-state index contributed by atoms with van der Waals surface area (Å²) in [4.78, 5) is 9.06. The Morgan fingerprint density at radius 3 is 2.14 bits per heavy atom. The van der Waals surface area contributed by atoms with Gasteiger partial charge in [-0.1, -0.05) is 25.7 Å². The van der Waals surface area contributed by atoms with E-state index in [1.54, 1.807) is 0 Å². The lowest BCUT2D eigenvalue weighted by atomic mass is 10.2. The molecule has 6 heteroatoms. The summed E-state index contributed by atoms with van der Waals surface area (Å²) < 4.78 is 2.41. The second-order valence-electron chi connectivity index (χ2n) is 5.59. The van der Waals surface area contributed by atoms with Crippen molar-refractivity contribution in [2.45, 2.75) is 13.8 Å². The monoisotopic (exact) mass is 324 g/mol. The van der Waals surface area contributed by atoms with Gasteiger partial charge in [-0.25, -0.2) is 4.99 Å². The fourth-order valence-corrected chi connectivity index (χ4v) is 7.52. The van der Waals surface area contributed by atoms with E-state index in [0.29, 0.717) is 0 Å². The first-order valence-corrected chi connectivity index (χ1v) is 10.1. The Bertz CT molecular complexity index is 606. The van der Waals surface area contributed by atoms with Gasteiger partial charge in [0.25, 0.3) is 0 Å². The first kappa shape index (κ1) is 16.5. The first-order chi connectivity index (χ1) is 9.86. The van der Waals surface area contributed by atoms with Crippen LogP contribution in [0.3, 0.4) is 0 Å². The van der Waals surface area contributed by atoms with Crippen molar-refractivity contribution in [3.05, 3.63) is 18.2 Å². The van der Waals surface area contributed by atoms with Crippen molar-refractivity contribution in [3.8, 4) is 0 Å². The number of amidine groups is 1. The molecule has 0 unspecified atom stereocenters. The van der Waals surface area contributed by atoms with Crippen LogP contribution in [0.1, 0.15) is 13.8 Å². The van der Waals surface area contributed by atoms with Crippen LogP contribution in [0.25, 0.3) is 0 Å². The van der Waals surface area contributed by atoms with Gasteiger partial charge >= 0.3 is 0 Å². The predicted molar refractivity (Wildman–Crippen MR) is 98.4 cm³/mol. The molecule has 0 amide bonds. The van der Waals surface area contributed by atoms with Crippen LogP contribution in [-0.4, -0.2) is 56.4 Å². The summed E-state index contributed by atoms with van der Waals surface area (Å²) in [6, 6.07) is 6.45. The van der Waals surface area contributed by atoms with Crippen molar-refractivity contribution in [1.29, 1.82) is 0 Å². The van der Waals surface area contributed by atoms with Crippen molar-refractivity contribution in [1.82, 2.24) is 9.57 Å². The molecule has 21 heavy (non-hydrogen) atoms. The molecule has 0 spiro atoms. The molecule has 1 aromatic rings. The average molecular weight is 324 g/mol. The lowest BCUT2D eigenvalue weighted by Crippen LogP contribution is -2.33. The fraction of sp³-hybridized carbons (Fsp3) is 0.533. The van der Waals surface area contributed by atoms with Crippen molar-refractivity contribution in [2.75, 3.05) is 46.2 Å². The van der Waals surface area contributed by atoms with Gasteiger partial charge in [-0.2, -0.15) is 0 Å². The Morgan fingerprint density at radius 1 is 1.05 bits per heavy atom. The van der Waals surface area contributed by atoms with E-state index in [1.807, 2.05) is 14.1 Å². The highest BCUT2D eigenvalue weighted by Crippen LogP contribution is 2.57. The van der Waals surface area contributed by atoms with E-state index in [1.165, 1.54) is 11.0 Å². The number of anilines is 1. The Kier molecular flexibility index (Phi) is 4.76. The fourth-order valence-electron chi connectivity index (χ4n) is 2.68. The molecule has 1 aliphatic heterocycles. The van der Waals surface area contributed by atoms with Crippen LogP contribution >= 0.6 is 6.19 Å². The molecule has 0 saturated heterocycles. The smallest absolute Gasteiger partial charge is 0.156 e. The maximum Gasteiger partial charge on any atom is 0.156 e. The Labute approximate surface area is 133 Å². The summed E-state index contributed by atoms with van der Waals surface area (Å²) in [6.45, 7) is 6.26. The van der Waals surface area contributed by atoms with Gasteiger partial charge in [0, 0.05) is 52.3 Å². The zero-order valence-electron chi connectivity index (χ0n) is 13.8. The van der Waals surface area contributed by atoms with Crippen LogP contribution in [0, 0.1) is 0 Å². The molecule has 2 rings (SSSR count). The van der Waals surface area contributed by atoms with Gasteiger partial charge in [0.05, 0.1) is 5.69 Å². The van der Waals surface area contributed by atoms with Gasteiger partial charge in [0.1, 0.15) is 6.19 Å². The van der Waals surface area contributed by atoms with Gasteiger partial charge in [-0.3, -0.25) is 4.67 Å². The lowest BCUT2D eigenvalue weighted by molar-refractivity contribution is 0.510. The van der Waals surface area contributed by atoms with Gasteiger partial charge in [0.2, 0.25) is 0 Å². The highest BCUT2D eigenvalue weighted by Gasteiger charge is 2.39. The van der Waals surface area contributed by atoms with Crippen LogP contribution < -0.4 is 10.2 Å². The Morgan fingerprint density at radius 2 is 1.67 bits per heavy atom. The standard InChI is InChI=1S/C15H25N4PS/c1-7-19(8-2)20(21)14-11-12(17(3)4)9-10-13(14)16-15(20)18(5)6/h9-11H,7-8H2,1-6H3/t20-/m1/s1. The van der Waals surface area contributed by atoms with Crippen LogP contribution in [0.5, 0.6) is 0 Å². The summed E-state index contributed by atoms with van der Waals surface area (Å²) >= 11 is 6.23. The third-order valence-electron chi connectivity index (χ3n) is 3.82. The normalized spacial score (nSPS) is 20.4. The van der Waals surface area contributed by atoms with Gasteiger partial charge in [0.15, 0.2) is 5.58 Å². The zero-order valence-corrected chi connectivity index (χ0v) is 15.5. The van der Waals surface area contributed by atoms with Crippen molar-refractivity contribution < 1.29 is 0 Å². The SMILES string of the molecule is CCN(CC)[P@]1(=S)C(N(C)C)=Nc2ccc(N(C)C)cc21. The largest absolute Gasteiger partial charge is 0.378 e. The number of rotatable bonds is 4. The molecular weight excluding hydrogens is 299 g/mol. The number of benzene rings is 1. The van der Waals surface area contributed by atoms with Crippen molar-refractivity contribution in [3.63, 3.8) is 0 Å². The molecule has 1 aliphatic rings. The molecular formula is C15H25N4PS. The molecule has 1 aromatic carbocycles. The number of hydrogen-bond acceptors (Lipinski definition) is 4. The van der Waals surface area contributed by atoms with E-state index in [9.17, 15) is 0 Å². The molecule has 0 aliphatic carbocycles. The number of nitrogens with zero attached hydrogens (tertiary/aromatic N) is 4. The lowest BCUT2D eigenvalue weighted by Gasteiger charge is -2.34.